The van der Waals surface area contributed by atoms with E-state index in [9.17, 15) is 0 Å². The van der Waals surface area contributed by atoms with Crippen molar-refractivity contribution in [2.45, 2.75) is 12.8 Å². The molecule has 1 rings (SSSR count). The van der Waals surface area contributed by atoms with E-state index in [1.54, 1.807) is 0 Å². The van der Waals surface area contributed by atoms with Gasteiger partial charge in [-0.3, -0.25) is 5.01 Å². The lowest BCUT2D eigenvalue weighted by atomic mass is 10.2. The summed E-state index contributed by atoms with van der Waals surface area (Å²) in [5, 5.41) is 4.07. The summed E-state index contributed by atoms with van der Waals surface area (Å²) in [5.41, 5.74) is 0. The van der Waals surface area contributed by atoms with Crippen LogP contribution >= 0.6 is 15.9 Å². The minimum Gasteiger partial charge on any atom is -0.297 e. The highest BCUT2D eigenvalue weighted by molar-refractivity contribution is 9.11. The van der Waals surface area contributed by atoms with Crippen LogP contribution in [0.4, 0.5) is 0 Å². The van der Waals surface area contributed by atoms with Crippen LogP contribution in [-0.4, -0.2) is 37.0 Å². The van der Waals surface area contributed by atoms with Gasteiger partial charge in [-0.2, -0.15) is 0 Å². The predicted molar refractivity (Wildman–Crippen MR) is 55.1 cm³/mol. The molecule has 0 spiro atoms. The smallest absolute Gasteiger partial charge is 0.119 e. The molecule has 1 aliphatic heterocycles. The monoisotopic (exact) mass is 231 g/mol. The Hall–Kier alpha value is -0.350. The number of allylic oxidation sites excluding steroid dienone is 1. The Morgan fingerprint density at radius 3 is 2.42 bits per heavy atom. The van der Waals surface area contributed by atoms with Gasteiger partial charge < -0.3 is 0 Å². The summed E-state index contributed by atoms with van der Waals surface area (Å²) in [5.74, 6) is 1.11. The third-order valence-corrected chi connectivity index (χ3v) is 2.52. The molecule has 12 heavy (non-hydrogen) atoms. The van der Waals surface area contributed by atoms with Gasteiger partial charge >= 0.3 is 0 Å². The summed E-state index contributed by atoms with van der Waals surface area (Å²) in [6.07, 6.45) is 3.93. The van der Waals surface area contributed by atoms with Crippen molar-refractivity contribution in [2.24, 2.45) is 4.99 Å². The highest BCUT2D eigenvalue weighted by Crippen LogP contribution is 2.18. The second-order valence-electron chi connectivity index (χ2n) is 2.99. The van der Waals surface area contributed by atoms with E-state index in [-0.39, 0.29) is 0 Å². The highest BCUT2D eigenvalue weighted by Gasteiger charge is 2.11. The second kappa shape index (κ2) is 4.05. The third kappa shape index (κ3) is 2.32. The van der Waals surface area contributed by atoms with Crippen molar-refractivity contribution in [1.82, 2.24) is 10.0 Å². The van der Waals surface area contributed by atoms with Gasteiger partial charge in [0.15, 0.2) is 0 Å². The molecule has 0 aliphatic carbocycles. The van der Waals surface area contributed by atoms with Gasteiger partial charge in [0.2, 0.25) is 0 Å². The van der Waals surface area contributed by atoms with Crippen LogP contribution in [0.25, 0.3) is 0 Å². The number of amidine groups is 1. The number of hydrazine groups is 1. The number of nitrogens with zero attached hydrogens (tertiary/aromatic N) is 3. The lowest BCUT2D eigenvalue weighted by molar-refractivity contribution is 0.141. The number of hydrogen-bond donors (Lipinski definition) is 0. The molecular weight excluding hydrogens is 218 g/mol. The summed E-state index contributed by atoms with van der Waals surface area (Å²) in [6, 6.07) is 0. The molecule has 0 amide bonds. The fourth-order valence-electron chi connectivity index (χ4n) is 0.981. The molecule has 0 aromatic rings. The van der Waals surface area contributed by atoms with Crippen LogP contribution in [-0.2, 0) is 0 Å². The molecule has 1 heterocycles. The summed E-state index contributed by atoms with van der Waals surface area (Å²) >= 11 is 3.42. The van der Waals surface area contributed by atoms with Crippen LogP contribution in [0.1, 0.15) is 12.8 Å². The molecule has 0 fully saturated rings. The fourth-order valence-corrected chi connectivity index (χ4v) is 1.28. The van der Waals surface area contributed by atoms with Crippen LogP contribution in [0.2, 0.25) is 0 Å². The van der Waals surface area contributed by atoms with Crippen molar-refractivity contribution >= 4 is 21.8 Å². The van der Waals surface area contributed by atoms with Crippen LogP contribution in [0.3, 0.4) is 0 Å². The summed E-state index contributed by atoms with van der Waals surface area (Å²) in [6.45, 7) is 0. The van der Waals surface area contributed by atoms with Crippen molar-refractivity contribution in [3.05, 3.63) is 10.7 Å². The van der Waals surface area contributed by atoms with Crippen LogP contribution in [0.15, 0.2) is 15.7 Å². The van der Waals surface area contributed by atoms with Gasteiger partial charge in [0.25, 0.3) is 0 Å². The Labute approximate surface area is 81.9 Å². The van der Waals surface area contributed by atoms with Crippen LogP contribution < -0.4 is 0 Å². The molecule has 0 unspecified atom stereocenters. The first-order chi connectivity index (χ1) is 5.61. The van der Waals surface area contributed by atoms with Crippen molar-refractivity contribution in [2.75, 3.05) is 21.1 Å². The molecule has 0 bridgehead atoms. The highest BCUT2D eigenvalue weighted by atomic mass is 79.9. The minimum atomic E-state index is 1.01. The topological polar surface area (TPSA) is 18.8 Å². The zero-order valence-corrected chi connectivity index (χ0v) is 9.30. The standard InChI is InChI=1S/C8H14BrN3/c1-11(2)12(3)8-5-4-7(9)6-10-8/h6H,4-5H2,1-3H3. The molecule has 0 saturated carbocycles. The Balaban J connectivity index is 2.65. The zero-order valence-electron chi connectivity index (χ0n) is 7.71. The summed E-state index contributed by atoms with van der Waals surface area (Å²) in [4.78, 5) is 4.32. The fraction of sp³-hybridized carbons (Fsp3) is 0.625. The van der Waals surface area contributed by atoms with E-state index >= 15 is 0 Å². The van der Waals surface area contributed by atoms with E-state index in [0.29, 0.717) is 0 Å². The van der Waals surface area contributed by atoms with E-state index in [1.165, 1.54) is 4.48 Å². The zero-order chi connectivity index (χ0) is 9.14. The van der Waals surface area contributed by atoms with Crippen molar-refractivity contribution in [3.8, 4) is 0 Å². The van der Waals surface area contributed by atoms with Gasteiger partial charge in [0, 0.05) is 38.2 Å². The first-order valence-corrected chi connectivity index (χ1v) is 4.72. The molecule has 68 valence electrons. The van der Waals surface area contributed by atoms with Crippen molar-refractivity contribution < 1.29 is 0 Å². The van der Waals surface area contributed by atoms with Crippen LogP contribution in [0, 0.1) is 0 Å². The molecular formula is C8H14BrN3. The molecule has 0 aromatic carbocycles. The molecule has 0 aromatic heterocycles. The summed E-state index contributed by atoms with van der Waals surface area (Å²) in [7, 11) is 6.04. The first-order valence-electron chi connectivity index (χ1n) is 3.93. The van der Waals surface area contributed by atoms with E-state index in [0.717, 1.165) is 18.7 Å². The van der Waals surface area contributed by atoms with Gasteiger partial charge in [-0.15, -0.1) is 0 Å². The molecule has 0 N–H and O–H groups in total. The molecule has 3 nitrogen and oxygen atoms in total. The lowest BCUT2D eigenvalue weighted by Gasteiger charge is -2.28. The third-order valence-electron chi connectivity index (χ3n) is 1.91. The molecule has 1 aliphatic rings. The largest absolute Gasteiger partial charge is 0.297 e. The molecule has 0 saturated heterocycles. The maximum Gasteiger partial charge on any atom is 0.119 e. The quantitative estimate of drug-likeness (QED) is 0.642. The lowest BCUT2D eigenvalue weighted by Crippen LogP contribution is -2.38. The van der Waals surface area contributed by atoms with Gasteiger partial charge in [0.05, 0.1) is 0 Å². The number of hydrogen-bond acceptors (Lipinski definition) is 3. The summed E-state index contributed by atoms with van der Waals surface area (Å²) < 4.78 is 1.18. The van der Waals surface area contributed by atoms with Crippen LogP contribution in [0.5, 0.6) is 0 Å². The molecule has 0 atom stereocenters. The molecule has 0 radical (unpaired) electrons. The van der Waals surface area contributed by atoms with E-state index < -0.39 is 0 Å². The minimum absolute atomic E-state index is 1.01. The number of rotatable bonds is 1. The SMILES string of the molecule is CN(C)N(C)C1=NC=C(Br)CC1. The van der Waals surface area contributed by atoms with Gasteiger partial charge in [-0.1, -0.05) is 15.9 Å². The first kappa shape index (κ1) is 9.74. The van der Waals surface area contributed by atoms with E-state index in [2.05, 4.69) is 25.9 Å². The van der Waals surface area contributed by atoms with Gasteiger partial charge in [0.1, 0.15) is 5.84 Å². The van der Waals surface area contributed by atoms with Crippen molar-refractivity contribution in [1.29, 1.82) is 0 Å². The van der Waals surface area contributed by atoms with Crippen molar-refractivity contribution in [3.63, 3.8) is 0 Å². The maximum absolute atomic E-state index is 4.32. The predicted octanol–water partition coefficient (Wildman–Crippen LogP) is 1.82. The number of halogens is 1. The number of aliphatic imine (C=N–C) groups is 1. The second-order valence-corrected chi connectivity index (χ2v) is 4.01. The average Bonchev–Trinajstić information content (AvgIpc) is 2.04. The van der Waals surface area contributed by atoms with Gasteiger partial charge in [-0.05, 0) is 6.42 Å². The van der Waals surface area contributed by atoms with Gasteiger partial charge in [-0.25, -0.2) is 10.0 Å². The Bertz CT molecular complexity index is 220. The maximum atomic E-state index is 4.32. The Kier molecular flexibility index (Phi) is 3.29. The normalized spacial score (nSPS) is 17.4. The average molecular weight is 232 g/mol. The molecule has 4 heteroatoms. The van der Waals surface area contributed by atoms with E-state index in [1.807, 2.05) is 32.4 Å². The Morgan fingerprint density at radius 2 is 2.00 bits per heavy atom. The Morgan fingerprint density at radius 1 is 1.33 bits per heavy atom. The van der Waals surface area contributed by atoms with E-state index in [4.69, 9.17) is 0 Å².